The minimum Gasteiger partial charge on any atom is -0.371 e. The molecule has 0 heterocycles. The third-order valence-electron chi connectivity index (χ3n) is 7.02. The lowest BCUT2D eigenvalue weighted by molar-refractivity contribution is 0.539. The van der Waals surface area contributed by atoms with Crippen LogP contribution in [0.3, 0.4) is 0 Å². The van der Waals surface area contributed by atoms with E-state index >= 15 is 0 Å². The summed E-state index contributed by atoms with van der Waals surface area (Å²) in [6, 6.07) is 9.00. The van der Waals surface area contributed by atoms with Crippen LogP contribution in [-0.2, 0) is 0 Å². The molecule has 0 N–H and O–H groups in total. The molecule has 0 fully saturated rings. The van der Waals surface area contributed by atoms with Crippen molar-refractivity contribution in [2.75, 3.05) is 18.0 Å². The number of benzene rings is 1. The highest BCUT2D eigenvalue weighted by Crippen LogP contribution is 2.21. The summed E-state index contributed by atoms with van der Waals surface area (Å²) < 4.78 is 0. The Bertz CT molecular complexity index is 509. The minimum absolute atomic E-state index is 1.23. The van der Waals surface area contributed by atoms with Crippen molar-refractivity contribution in [2.45, 2.75) is 149 Å². The Morgan fingerprint density at radius 1 is 0.469 bits per heavy atom. The van der Waals surface area contributed by atoms with Crippen molar-refractivity contribution in [2.24, 2.45) is 0 Å². The normalized spacial score (nSPS) is 11.2. The van der Waals surface area contributed by atoms with Crippen LogP contribution in [0.4, 0.5) is 5.69 Å². The molecular weight excluding hydrogens is 386 g/mol. The molecule has 0 aromatic heterocycles. The first-order valence-corrected chi connectivity index (χ1v) is 14.6. The van der Waals surface area contributed by atoms with Gasteiger partial charge in [0.1, 0.15) is 0 Å². The predicted molar refractivity (Wildman–Crippen MR) is 147 cm³/mol. The smallest absolute Gasteiger partial charge is 0.0395 e. The van der Waals surface area contributed by atoms with Crippen molar-refractivity contribution in [1.82, 2.24) is 0 Å². The Balaban J connectivity index is 2.16. The highest BCUT2D eigenvalue weighted by molar-refractivity contribution is 5.52. The van der Waals surface area contributed by atoms with E-state index in [2.05, 4.69) is 49.9 Å². The third kappa shape index (κ3) is 15.8. The monoisotopic (exact) mass is 443 g/mol. The van der Waals surface area contributed by atoms with Gasteiger partial charge in [-0.05, 0) is 31.4 Å². The molecule has 0 amide bonds. The molecule has 32 heavy (non-hydrogen) atoms. The number of hydrogen-bond acceptors (Lipinski definition) is 1. The molecule has 0 aliphatic carbocycles. The van der Waals surface area contributed by atoms with Gasteiger partial charge in [-0.25, -0.2) is 0 Å². The first-order chi connectivity index (χ1) is 15.8. The van der Waals surface area contributed by atoms with Crippen LogP contribution in [0.1, 0.15) is 148 Å². The molecule has 1 nitrogen and oxygen atoms in total. The second-order valence-electron chi connectivity index (χ2n) is 10.1. The number of para-hydroxylation sites is 1. The summed E-state index contributed by atoms with van der Waals surface area (Å²) in [7, 11) is 0. The molecule has 1 aromatic rings. The molecule has 0 aliphatic rings. The number of nitrogens with zero attached hydrogens (tertiary/aromatic N) is 1. The van der Waals surface area contributed by atoms with Gasteiger partial charge < -0.3 is 4.90 Å². The van der Waals surface area contributed by atoms with Gasteiger partial charge in [0, 0.05) is 18.8 Å². The highest BCUT2D eigenvalue weighted by atomic mass is 15.1. The topological polar surface area (TPSA) is 3.24 Å². The van der Waals surface area contributed by atoms with Gasteiger partial charge in [0.2, 0.25) is 0 Å². The average molecular weight is 444 g/mol. The molecular formula is C31H57N. The minimum atomic E-state index is 1.23. The van der Waals surface area contributed by atoms with Crippen molar-refractivity contribution in [3.8, 4) is 0 Å². The van der Waals surface area contributed by atoms with Gasteiger partial charge in [-0.1, -0.05) is 148 Å². The van der Waals surface area contributed by atoms with Gasteiger partial charge in [0.25, 0.3) is 0 Å². The first kappa shape index (κ1) is 29.1. The van der Waals surface area contributed by atoms with Crippen LogP contribution in [-0.4, -0.2) is 13.1 Å². The highest BCUT2D eigenvalue weighted by Gasteiger charge is 2.08. The van der Waals surface area contributed by atoms with Crippen molar-refractivity contribution < 1.29 is 0 Å². The van der Waals surface area contributed by atoms with E-state index in [1.165, 1.54) is 153 Å². The summed E-state index contributed by atoms with van der Waals surface area (Å²) in [5.41, 5.74) is 2.91. The molecule has 1 heteroatoms. The van der Waals surface area contributed by atoms with Gasteiger partial charge in [-0.15, -0.1) is 0 Å². The summed E-state index contributed by atoms with van der Waals surface area (Å²) in [4.78, 5) is 2.68. The van der Waals surface area contributed by atoms with Crippen LogP contribution in [0.25, 0.3) is 0 Å². The van der Waals surface area contributed by atoms with Gasteiger partial charge in [0.05, 0.1) is 0 Å². The molecule has 0 radical (unpaired) electrons. The van der Waals surface area contributed by atoms with Crippen molar-refractivity contribution in [3.63, 3.8) is 0 Å². The Kier molecular flexibility index (Phi) is 19.8. The fourth-order valence-electron chi connectivity index (χ4n) is 4.85. The molecule has 0 saturated carbocycles. The molecule has 0 bridgehead atoms. The number of aryl methyl sites for hydroxylation is 1. The lowest BCUT2D eigenvalue weighted by Crippen LogP contribution is -2.26. The lowest BCUT2D eigenvalue weighted by Gasteiger charge is -2.26. The number of hydrogen-bond donors (Lipinski definition) is 0. The fourth-order valence-corrected chi connectivity index (χ4v) is 4.85. The van der Waals surface area contributed by atoms with E-state index in [4.69, 9.17) is 0 Å². The van der Waals surface area contributed by atoms with Gasteiger partial charge >= 0.3 is 0 Å². The SMILES string of the molecule is CCCCCCCCCCCCCCN(CCCCCCCCCC)c1ccccc1C. The number of unbranched alkanes of at least 4 members (excludes halogenated alkanes) is 18. The van der Waals surface area contributed by atoms with Crippen molar-refractivity contribution in [3.05, 3.63) is 29.8 Å². The maximum atomic E-state index is 2.68. The van der Waals surface area contributed by atoms with Crippen molar-refractivity contribution in [1.29, 1.82) is 0 Å². The van der Waals surface area contributed by atoms with E-state index in [0.717, 1.165) is 0 Å². The maximum absolute atomic E-state index is 2.68. The summed E-state index contributed by atoms with van der Waals surface area (Å²) in [5.74, 6) is 0. The van der Waals surface area contributed by atoms with E-state index < -0.39 is 0 Å². The number of anilines is 1. The summed E-state index contributed by atoms with van der Waals surface area (Å²) in [6.07, 6.45) is 28.4. The van der Waals surface area contributed by atoms with Crippen LogP contribution in [0.5, 0.6) is 0 Å². The van der Waals surface area contributed by atoms with Gasteiger partial charge in [-0.2, -0.15) is 0 Å². The van der Waals surface area contributed by atoms with E-state index in [-0.39, 0.29) is 0 Å². The van der Waals surface area contributed by atoms with Crippen LogP contribution >= 0.6 is 0 Å². The Hall–Kier alpha value is -0.980. The Morgan fingerprint density at radius 3 is 1.19 bits per heavy atom. The fraction of sp³-hybridized carbons (Fsp3) is 0.806. The first-order valence-electron chi connectivity index (χ1n) is 14.6. The zero-order valence-electron chi connectivity index (χ0n) is 22.3. The van der Waals surface area contributed by atoms with E-state index in [1.54, 1.807) is 0 Å². The number of rotatable bonds is 23. The standard InChI is InChI=1S/C31H57N/c1-4-6-8-10-12-14-15-16-17-19-21-25-29-32(31-27-23-22-26-30(31)3)28-24-20-18-13-11-9-7-5-2/h22-23,26-27H,4-21,24-25,28-29H2,1-3H3. The summed E-state index contributed by atoms with van der Waals surface area (Å²) in [5, 5.41) is 0. The average Bonchev–Trinajstić information content (AvgIpc) is 2.80. The summed E-state index contributed by atoms with van der Waals surface area (Å²) >= 11 is 0. The van der Waals surface area contributed by atoms with Gasteiger partial charge in [-0.3, -0.25) is 0 Å². The van der Waals surface area contributed by atoms with E-state index in [9.17, 15) is 0 Å². The van der Waals surface area contributed by atoms with E-state index in [1.807, 2.05) is 0 Å². The molecule has 0 atom stereocenters. The largest absolute Gasteiger partial charge is 0.371 e. The van der Waals surface area contributed by atoms with Crippen molar-refractivity contribution >= 4 is 5.69 Å². The molecule has 0 saturated heterocycles. The van der Waals surface area contributed by atoms with Gasteiger partial charge in [0.15, 0.2) is 0 Å². The molecule has 186 valence electrons. The molecule has 0 spiro atoms. The van der Waals surface area contributed by atoms with Crippen LogP contribution in [0.2, 0.25) is 0 Å². The zero-order chi connectivity index (χ0) is 23.1. The molecule has 1 rings (SSSR count). The predicted octanol–water partition coefficient (Wildman–Crippen LogP) is 10.6. The zero-order valence-corrected chi connectivity index (χ0v) is 22.3. The molecule has 0 aliphatic heterocycles. The van der Waals surface area contributed by atoms with Crippen LogP contribution in [0.15, 0.2) is 24.3 Å². The maximum Gasteiger partial charge on any atom is 0.0395 e. The van der Waals surface area contributed by atoms with E-state index in [0.29, 0.717) is 0 Å². The Morgan fingerprint density at radius 2 is 0.812 bits per heavy atom. The summed E-state index contributed by atoms with van der Waals surface area (Å²) in [6.45, 7) is 9.35. The molecule has 1 aromatic carbocycles. The van der Waals surface area contributed by atoms with Crippen LogP contribution in [0, 0.1) is 6.92 Å². The third-order valence-corrected chi connectivity index (χ3v) is 7.02. The molecule has 0 unspecified atom stereocenters. The quantitative estimate of drug-likeness (QED) is 0.152. The second-order valence-corrected chi connectivity index (χ2v) is 10.1. The lowest BCUT2D eigenvalue weighted by atomic mass is 10.0. The van der Waals surface area contributed by atoms with Crippen LogP contribution < -0.4 is 4.90 Å². The second kappa shape index (κ2) is 21.8. The Labute approximate surface area is 202 Å².